The number of hydrogen-bond donors (Lipinski definition) is 0. The van der Waals surface area contributed by atoms with Crippen LogP contribution in [-0.4, -0.2) is 0 Å². The van der Waals surface area contributed by atoms with Crippen LogP contribution in [0.15, 0.2) is 72.6 Å². The lowest BCUT2D eigenvalue weighted by molar-refractivity contribution is 0.423. The Kier molecular flexibility index (Phi) is 4.41. The lowest BCUT2D eigenvalue weighted by Crippen LogP contribution is -1.91. The van der Waals surface area contributed by atoms with Crippen LogP contribution in [0.5, 0.6) is 0 Å². The van der Waals surface area contributed by atoms with Crippen LogP contribution in [-0.2, 0) is 0 Å². The maximum absolute atomic E-state index is 14.4. The third-order valence-corrected chi connectivity index (χ3v) is 3.01. The molecule has 0 spiro atoms. The number of allylic oxidation sites excluding steroid dienone is 3. The zero-order valence-corrected chi connectivity index (χ0v) is 10.9. The van der Waals surface area contributed by atoms with Gasteiger partial charge in [-0.15, -0.1) is 0 Å². The van der Waals surface area contributed by atoms with Crippen molar-refractivity contribution in [2.24, 2.45) is 0 Å². The van der Waals surface area contributed by atoms with E-state index in [4.69, 9.17) is 0 Å². The van der Waals surface area contributed by atoms with Gasteiger partial charge in [0.15, 0.2) is 0 Å². The highest BCUT2D eigenvalue weighted by molar-refractivity contribution is 5.86. The Morgan fingerprint density at radius 3 is 1.60 bits per heavy atom. The van der Waals surface area contributed by atoms with E-state index in [1.54, 1.807) is 48.5 Å². The summed E-state index contributed by atoms with van der Waals surface area (Å²) < 4.78 is 40.7. The molecule has 0 radical (unpaired) electrons. The molecule has 102 valence electrons. The van der Waals surface area contributed by atoms with E-state index in [9.17, 15) is 13.2 Å². The van der Waals surface area contributed by atoms with Crippen molar-refractivity contribution in [2.75, 3.05) is 0 Å². The van der Waals surface area contributed by atoms with Gasteiger partial charge in [0, 0.05) is 0 Å². The van der Waals surface area contributed by atoms with Gasteiger partial charge < -0.3 is 0 Å². The average molecular weight is 274 g/mol. The van der Waals surface area contributed by atoms with E-state index >= 15 is 0 Å². The van der Waals surface area contributed by atoms with Crippen LogP contribution in [0.25, 0.3) is 11.1 Å². The average Bonchev–Trinajstić information content (AvgIpc) is 2.48. The second-order valence-corrected chi connectivity index (χ2v) is 4.31. The van der Waals surface area contributed by atoms with Crippen LogP contribution in [0.2, 0.25) is 0 Å². The molecule has 2 rings (SSSR count). The molecular weight excluding hydrogens is 261 g/mol. The third-order valence-electron chi connectivity index (χ3n) is 3.01. The van der Waals surface area contributed by atoms with Gasteiger partial charge in [0.1, 0.15) is 5.83 Å². The van der Waals surface area contributed by atoms with E-state index in [2.05, 4.69) is 0 Å². The van der Waals surface area contributed by atoms with Crippen LogP contribution in [0.1, 0.15) is 18.1 Å². The van der Waals surface area contributed by atoms with Gasteiger partial charge in [-0.3, -0.25) is 0 Å². The molecule has 0 nitrogen and oxygen atoms in total. The van der Waals surface area contributed by atoms with Gasteiger partial charge in [0.2, 0.25) is 0 Å². The predicted molar refractivity (Wildman–Crippen MR) is 75.7 cm³/mol. The lowest BCUT2D eigenvalue weighted by Gasteiger charge is -2.08. The van der Waals surface area contributed by atoms with E-state index in [0.717, 1.165) is 0 Å². The summed E-state index contributed by atoms with van der Waals surface area (Å²) in [7, 11) is 0. The Bertz CT molecular complexity index is 636. The first-order chi connectivity index (χ1) is 9.61. The molecule has 3 heteroatoms. The molecule has 0 saturated heterocycles. The minimum absolute atomic E-state index is 0.167. The first kappa shape index (κ1) is 14.1. The molecule has 0 bridgehead atoms. The number of benzene rings is 2. The molecule has 0 amide bonds. The summed E-state index contributed by atoms with van der Waals surface area (Å²) in [5, 5.41) is 0. The fraction of sp³-hybridized carbons (Fsp3) is 0.0588. The van der Waals surface area contributed by atoms with Crippen LogP contribution in [0.3, 0.4) is 0 Å². The van der Waals surface area contributed by atoms with Crippen LogP contribution in [0, 0.1) is 0 Å². The minimum Gasteiger partial charge on any atom is -0.206 e. The standard InChI is InChI=1S/C17H13F3/c1-12(13-8-4-2-5-9-13)16(18)15(17(19)20)14-10-6-3-7-11-14/h2-11H,1H3/b16-12-. The summed E-state index contributed by atoms with van der Waals surface area (Å²) >= 11 is 0. The molecule has 0 heterocycles. The maximum Gasteiger partial charge on any atom is 0.281 e. The highest BCUT2D eigenvalue weighted by Crippen LogP contribution is 2.34. The van der Waals surface area contributed by atoms with Gasteiger partial charge in [0.25, 0.3) is 6.08 Å². The number of hydrogen-bond acceptors (Lipinski definition) is 0. The van der Waals surface area contributed by atoms with E-state index in [1.165, 1.54) is 19.1 Å². The summed E-state index contributed by atoms with van der Waals surface area (Å²) in [4.78, 5) is 0. The predicted octanol–water partition coefficient (Wildman–Crippen LogP) is 5.69. The van der Waals surface area contributed by atoms with Crippen molar-refractivity contribution >= 4 is 11.1 Å². The molecule has 0 aliphatic heterocycles. The quantitative estimate of drug-likeness (QED) is 0.630. The van der Waals surface area contributed by atoms with Gasteiger partial charge in [-0.05, 0) is 23.6 Å². The van der Waals surface area contributed by atoms with Crippen LogP contribution in [0.4, 0.5) is 13.2 Å². The molecule has 0 aliphatic rings. The highest BCUT2D eigenvalue weighted by Gasteiger charge is 2.17. The molecule has 0 fully saturated rings. The Labute approximate surface area is 115 Å². The van der Waals surface area contributed by atoms with Crippen molar-refractivity contribution in [3.8, 4) is 0 Å². The summed E-state index contributed by atoms with van der Waals surface area (Å²) in [6.07, 6.45) is -2.02. The lowest BCUT2D eigenvalue weighted by atomic mass is 9.99. The Hall–Kier alpha value is -2.29. The van der Waals surface area contributed by atoms with E-state index in [-0.39, 0.29) is 11.1 Å². The molecular formula is C17H13F3. The van der Waals surface area contributed by atoms with Crippen molar-refractivity contribution < 1.29 is 13.2 Å². The Balaban J connectivity index is 2.54. The van der Waals surface area contributed by atoms with E-state index < -0.39 is 17.5 Å². The summed E-state index contributed by atoms with van der Waals surface area (Å²) in [6.45, 7) is 1.50. The van der Waals surface area contributed by atoms with Crippen molar-refractivity contribution in [1.29, 1.82) is 0 Å². The number of rotatable bonds is 3. The van der Waals surface area contributed by atoms with Crippen molar-refractivity contribution in [2.45, 2.75) is 6.92 Å². The summed E-state index contributed by atoms with van der Waals surface area (Å²) in [5.41, 5.74) is 0.296. The molecule has 0 atom stereocenters. The molecule has 0 saturated carbocycles. The second-order valence-electron chi connectivity index (χ2n) is 4.31. The first-order valence-corrected chi connectivity index (χ1v) is 6.14. The van der Waals surface area contributed by atoms with Crippen molar-refractivity contribution in [3.63, 3.8) is 0 Å². The van der Waals surface area contributed by atoms with Crippen LogP contribution >= 0.6 is 0 Å². The molecule has 2 aromatic rings. The van der Waals surface area contributed by atoms with Crippen molar-refractivity contribution in [1.82, 2.24) is 0 Å². The van der Waals surface area contributed by atoms with Gasteiger partial charge >= 0.3 is 0 Å². The second kappa shape index (κ2) is 6.24. The molecule has 0 aromatic heterocycles. The fourth-order valence-electron chi connectivity index (χ4n) is 1.93. The van der Waals surface area contributed by atoms with Crippen LogP contribution < -0.4 is 0 Å². The molecule has 2 aromatic carbocycles. The Morgan fingerprint density at radius 2 is 1.15 bits per heavy atom. The summed E-state index contributed by atoms with van der Waals surface area (Å²) in [5.74, 6) is -0.901. The Morgan fingerprint density at radius 1 is 0.700 bits per heavy atom. The van der Waals surface area contributed by atoms with Gasteiger partial charge in [-0.25, -0.2) is 4.39 Å². The normalized spacial score (nSPS) is 11.8. The smallest absolute Gasteiger partial charge is 0.206 e. The molecule has 0 aliphatic carbocycles. The molecule has 20 heavy (non-hydrogen) atoms. The van der Waals surface area contributed by atoms with Gasteiger partial charge in [-0.2, -0.15) is 8.78 Å². The zero-order valence-electron chi connectivity index (χ0n) is 10.9. The minimum atomic E-state index is -2.02. The SMILES string of the molecule is C/C(=C(/F)C(=C(F)F)c1ccccc1)c1ccccc1. The first-order valence-electron chi connectivity index (χ1n) is 6.14. The van der Waals surface area contributed by atoms with Gasteiger partial charge in [-0.1, -0.05) is 60.7 Å². The largest absolute Gasteiger partial charge is 0.281 e. The van der Waals surface area contributed by atoms with Crippen molar-refractivity contribution in [3.05, 3.63) is 83.7 Å². The highest BCUT2D eigenvalue weighted by atomic mass is 19.3. The molecule has 0 unspecified atom stereocenters. The topological polar surface area (TPSA) is 0 Å². The van der Waals surface area contributed by atoms with Gasteiger partial charge in [0.05, 0.1) is 5.57 Å². The summed E-state index contributed by atoms with van der Waals surface area (Å²) in [6, 6.07) is 16.5. The third kappa shape index (κ3) is 2.99. The van der Waals surface area contributed by atoms with E-state index in [0.29, 0.717) is 5.56 Å². The zero-order chi connectivity index (χ0) is 14.5. The van der Waals surface area contributed by atoms with E-state index in [1.807, 2.05) is 0 Å². The molecule has 0 N–H and O–H groups in total. The fourth-order valence-corrected chi connectivity index (χ4v) is 1.93. The maximum atomic E-state index is 14.4. The number of halogens is 3. The monoisotopic (exact) mass is 274 g/mol.